The van der Waals surface area contributed by atoms with Gasteiger partial charge in [-0.15, -0.1) is 0 Å². The molecule has 5 nitrogen and oxygen atoms in total. The van der Waals surface area contributed by atoms with Crippen LogP contribution >= 0.6 is 0 Å². The summed E-state index contributed by atoms with van der Waals surface area (Å²) in [5.41, 5.74) is 2.33. The smallest absolute Gasteiger partial charge is 0.161 e. The van der Waals surface area contributed by atoms with Gasteiger partial charge in [0.2, 0.25) is 0 Å². The Bertz CT molecular complexity index is 587. The van der Waals surface area contributed by atoms with Crippen molar-refractivity contribution in [2.45, 2.75) is 37.1 Å². The lowest BCUT2D eigenvalue weighted by Gasteiger charge is -2.42. The monoisotopic (exact) mass is 304 g/mol. The summed E-state index contributed by atoms with van der Waals surface area (Å²) in [5.74, 6) is 1.54. The summed E-state index contributed by atoms with van der Waals surface area (Å²) in [6.45, 7) is 1.07. The first-order valence-electron chi connectivity index (χ1n) is 7.77. The van der Waals surface area contributed by atoms with Crippen LogP contribution in [0.1, 0.15) is 31.2 Å². The summed E-state index contributed by atoms with van der Waals surface area (Å²) in [6, 6.07) is 6.65. The minimum absolute atomic E-state index is 0.114. The number of likely N-dealkylation sites (tertiary alicyclic amines) is 1. The highest BCUT2D eigenvalue weighted by atomic mass is 16.5. The first kappa shape index (κ1) is 15.2. The number of hydrogen-bond acceptors (Lipinski definition) is 5. The van der Waals surface area contributed by atoms with Crippen molar-refractivity contribution in [2.24, 2.45) is 5.16 Å². The molecule has 1 N–H and O–H groups in total. The lowest BCUT2D eigenvalue weighted by Crippen LogP contribution is -2.46. The zero-order chi connectivity index (χ0) is 15.7. The molecule has 5 heteroatoms. The second kappa shape index (κ2) is 5.80. The van der Waals surface area contributed by atoms with Crippen LogP contribution in [0.2, 0.25) is 0 Å². The number of rotatable bonds is 3. The molecular weight excluding hydrogens is 280 g/mol. The van der Waals surface area contributed by atoms with Crippen LogP contribution in [0.5, 0.6) is 11.5 Å². The van der Waals surface area contributed by atoms with Gasteiger partial charge in [0.25, 0.3) is 0 Å². The summed E-state index contributed by atoms with van der Waals surface area (Å²) in [4.78, 5) is 2.39. The largest absolute Gasteiger partial charge is 0.493 e. The maximum Gasteiger partial charge on any atom is 0.161 e. The van der Waals surface area contributed by atoms with E-state index in [0.717, 1.165) is 49.4 Å². The van der Waals surface area contributed by atoms with Gasteiger partial charge < -0.3 is 19.6 Å². The quantitative estimate of drug-likeness (QED) is 0.689. The third kappa shape index (κ3) is 2.24. The highest BCUT2D eigenvalue weighted by molar-refractivity contribution is 5.86. The van der Waals surface area contributed by atoms with Crippen LogP contribution in [-0.4, -0.2) is 49.7 Å². The fourth-order valence-electron chi connectivity index (χ4n) is 4.17. The summed E-state index contributed by atoms with van der Waals surface area (Å²) in [6.07, 6.45) is 3.83. The molecule has 1 aliphatic heterocycles. The molecule has 0 spiro atoms. The average molecular weight is 304 g/mol. The number of hydrogen-bond donors (Lipinski definition) is 1. The van der Waals surface area contributed by atoms with Gasteiger partial charge in [0.05, 0.1) is 19.9 Å². The van der Waals surface area contributed by atoms with Gasteiger partial charge in [0.1, 0.15) is 0 Å². The molecule has 0 bridgehead atoms. The van der Waals surface area contributed by atoms with Crippen LogP contribution in [0.25, 0.3) is 0 Å². The van der Waals surface area contributed by atoms with E-state index < -0.39 is 0 Å². The van der Waals surface area contributed by atoms with E-state index in [9.17, 15) is 0 Å². The van der Waals surface area contributed by atoms with Crippen molar-refractivity contribution < 1.29 is 14.7 Å². The van der Waals surface area contributed by atoms with Crippen molar-refractivity contribution in [3.63, 3.8) is 0 Å². The van der Waals surface area contributed by atoms with E-state index in [4.69, 9.17) is 14.7 Å². The Morgan fingerprint density at radius 2 is 2.00 bits per heavy atom. The predicted molar refractivity (Wildman–Crippen MR) is 85.3 cm³/mol. The van der Waals surface area contributed by atoms with E-state index in [1.165, 1.54) is 5.56 Å². The SMILES string of the molecule is COc1ccc([C@@]23CC/C(=N/O)C[C@@H]2N(C)CC3)cc1OC. The molecule has 0 aromatic heterocycles. The Balaban J connectivity index is 2.01. The zero-order valence-electron chi connectivity index (χ0n) is 13.5. The summed E-state index contributed by atoms with van der Waals surface area (Å²) < 4.78 is 10.8. The number of benzene rings is 1. The number of ether oxygens (including phenoxy) is 2. The van der Waals surface area contributed by atoms with Crippen molar-refractivity contribution in [3.8, 4) is 11.5 Å². The lowest BCUT2D eigenvalue weighted by molar-refractivity contribution is 0.220. The first-order chi connectivity index (χ1) is 10.6. The summed E-state index contributed by atoms with van der Waals surface area (Å²) >= 11 is 0. The predicted octanol–water partition coefficient (Wildman–Crippen LogP) is 2.66. The molecule has 2 atom stereocenters. The van der Waals surface area contributed by atoms with E-state index in [1.807, 2.05) is 6.07 Å². The van der Waals surface area contributed by atoms with Crippen LogP contribution in [0.15, 0.2) is 23.4 Å². The molecule has 1 aliphatic carbocycles. The molecule has 1 saturated carbocycles. The molecular formula is C17H24N2O3. The molecule has 1 saturated heterocycles. The number of oxime groups is 1. The molecule has 2 aliphatic rings. The third-order valence-electron chi connectivity index (χ3n) is 5.47. The maximum atomic E-state index is 9.14. The van der Waals surface area contributed by atoms with Gasteiger partial charge in [-0.3, -0.25) is 0 Å². The number of nitrogens with zero attached hydrogens (tertiary/aromatic N) is 2. The highest BCUT2D eigenvalue weighted by Crippen LogP contribution is 2.49. The van der Waals surface area contributed by atoms with E-state index in [0.29, 0.717) is 6.04 Å². The Morgan fingerprint density at radius 3 is 2.68 bits per heavy atom. The normalized spacial score (nSPS) is 30.3. The van der Waals surface area contributed by atoms with E-state index in [1.54, 1.807) is 14.2 Å². The standard InChI is InChI=1S/C17H24N2O3/c1-19-9-8-17(7-6-13(18-20)11-16(17)19)12-4-5-14(21-2)15(10-12)22-3/h4-5,10,16,20H,6-9,11H2,1-3H3/b18-13-/t16-,17-/m0/s1. The van der Waals surface area contributed by atoms with Crippen LogP contribution in [-0.2, 0) is 5.41 Å². The van der Waals surface area contributed by atoms with E-state index in [2.05, 4.69) is 29.2 Å². The number of fused-ring (bicyclic) bond motifs is 1. The van der Waals surface area contributed by atoms with Gasteiger partial charge in [0, 0.05) is 17.9 Å². The third-order valence-corrected chi connectivity index (χ3v) is 5.47. The topological polar surface area (TPSA) is 54.3 Å². The first-order valence-corrected chi connectivity index (χ1v) is 7.77. The second-order valence-electron chi connectivity index (χ2n) is 6.34. The average Bonchev–Trinajstić information content (AvgIpc) is 2.91. The van der Waals surface area contributed by atoms with E-state index >= 15 is 0 Å². The van der Waals surface area contributed by atoms with Crippen molar-refractivity contribution >= 4 is 5.71 Å². The highest BCUT2D eigenvalue weighted by Gasteiger charge is 2.49. The van der Waals surface area contributed by atoms with Gasteiger partial charge in [-0.25, -0.2) is 0 Å². The summed E-state index contributed by atoms with van der Waals surface area (Å²) in [5, 5.41) is 12.6. The molecule has 2 fully saturated rings. The van der Waals surface area contributed by atoms with Crippen molar-refractivity contribution in [2.75, 3.05) is 27.8 Å². The van der Waals surface area contributed by atoms with Gasteiger partial charge in [0.15, 0.2) is 11.5 Å². The minimum atomic E-state index is 0.114. The van der Waals surface area contributed by atoms with Crippen LogP contribution in [0, 0.1) is 0 Å². The Kier molecular flexibility index (Phi) is 4.00. The van der Waals surface area contributed by atoms with Crippen LogP contribution < -0.4 is 9.47 Å². The summed E-state index contributed by atoms with van der Waals surface area (Å²) in [7, 11) is 5.50. The van der Waals surface area contributed by atoms with Gasteiger partial charge in [-0.05, 0) is 50.6 Å². The Hall–Kier alpha value is -1.75. The maximum absolute atomic E-state index is 9.14. The fourth-order valence-corrected chi connectivity index (χ4v) is 4.17. The van der Waals surface area contributed by atoms with Crippen LogP contribution in [0.3, 0.4) is 0 Å². The minimum Gasteiger partial charge on any atom is -0.493 e. The van der Waals surface area contributed by atoms with Gasteiger partial charge in [-0.2, -0.15) is 0 Å². The van der Waals surface area contributed by atoms with E-state index in [-0.39, 0.29) is 5.41 Å². The molecule has 0 unspecified atom stereocenters. The van der Waals surface area contributed by atoms with Crippen LogP contribution in [0.4, 0.5) is 0 Å². The number of methoxy groups -OCH3 is 2. The Morgan fingerprint density at radius 1 is 1.23 bits per heavy atom. The fraction of sp³-hybridized carbons (Fsp3) is 0.588. The molecule has 0 amide bonds. The van der Waals surface area contributed by atoms with Crippen molar-refractivity contribution in [1.29, 1.82) is 0 Å². The van der Waals surface area contributed by atoms with Crippen molar-refractivity contribution in [1.82, 2.24) is 4.90 Å². The molecule has 3 rings (SSSR count). The molecule has 120 valence electrons. The molecule has 1 aromatic carbocycles. The second-order valence-corrected chi connectivity index (χ2v) is 6.34. The zero-order valence-corrected chi connectivity index (χ0v) is 13.5. The molecule has 0 radical (unpaired) electrons. The molecule has 1 heterocycles. The lowest BCUT2D eigenvalue weighted by atomic mass is 9.65. The van der Waals surface area contributed by atoms with Gasteiger partial charge in [-0.1, -0.05) is 11.2 Å². The van der Waals surface area contributed by atoms with Gasteiger partial charge >= 0.3 is 0 Å². The Labute approximate surface area is 131 Å². The number of likely N-dealkylation sites (N-methyl/N-ethyl adjacent to an activating group) is 1. The molecule has 22 heavy (non-hydrogen) atoms. The molecule has 1 aromatic rings. The van der Waals surface area contributed by atoms with Crippen molar-refractivity contribution in [3.05, 3.63) is 23.8 Å².